The van der Waals surface area contributed by atoms with Gasteiger partial charge < -0.3 is 4.74 Å². The van der Waals surface area contributed by atoms with Gasteiger partial charge in [-0.3, -0.25) is 4.72 Å². The van der Waals surface area contributed by atoms with Gasteiger partial charge in [0, 0.05) is 0 Å². The van der Waals surface area contributed by atoms with Crippen LogP contribution in [0.2, 0.25) is 0 Å². The van der Waals surface area contributed by atoms with Crippen LogP contribution in [-0.2, 0) is 20.5 Å². The number of ether oxygens (including phenoxy) is 1. The summed E-state index contributed by atoms with van der Waals surface area (Å²) in [7, 11) is -2.49. The van der Waals surface area contributed by atoms with Crippen LogP contribution >= 0.6 is 0 Å². The third-order valence-corrected chi connectivity index (χ3v) is 4.12. The lowest BCUT2D eigenvalue weighted by Crippen LogP contribution is -2.16. The summed E-state index contributed by atoms with van der Waals surface area (Å²) in [5, 5.41) is 0. The molecule has 5 nitrogen and oxygen atoms in total. The van der Waals surface area contributed by atoms with Crippen molar-refractivity contribution < 1.29 is 22.3 Å². The van der Waals surface area contributed by atoms with Crippen molar-refractivity contribution in [2.45, 2.75) is 5.75 Å². The van der Waals surface area contributed by atoms with Gasteiger partial charge in [0.2, 0.25) is 10.0 Å². The highest BCUT2D eigenvalue weighted by molar-refractivity contribution is 7.91. The Balaban J connectivity index is 2.12. The Kier molecular flexibility index (Phi) is 4.77. The number of carbonyl (C=O) groups is 1. The molecule has 0 spiro atoms. The molecule has 0 radical (unpaired) electrons. The fraction of sp³-hybridized carbons (Fsp3) is 0.133. The Morgan fingerprint density at radius 2 is 1.77 bits per heavy atom. The minimum atomic E-state index is -3.76. The summed E-state index contributed by atoms with van der Waals surface area (Å²) < 4.78 is 44.3. The first-order chi connectivity index (χ1) is 10.4. The minimum Gasteiger partial charge on any atom is -0.465 e. The second-order valence-electron chi connectivity index (χ2n) is 4.53. The van der Waals surface area contributed by atoms with Crippen molar-refractivity contribution in [2.24, 2.45) is 0 Å². The van der Waals surface area contributed by atoms with Crippen LogP contribution in [0, 0.1) is 5.82 Å². The van der Waals surface area contributed by atoms with Gasteiger partial charge in [-0.15, -0.1) is 0 Å². The molecule has 1 N–H and O–H groups in total. The van der Waals surface area contributed by atoms with Crippen molar-refractivity contribution in [3.8, 4) is 0 Å². The topological polar surface area (TPSA) is 72.5 Å². The second-order valence-corrected chi connectivity index (χ2v) is 6.25. The number of anilines is 1. The number of rotatable bonds is 5. The zero-order chi connectivity index (χ0) is 16.2. The monoisotopic (exact) mass is 323 g/mol. The number of esters is 1. The van der Waals surface area contributed by atoms with E-state index in [1.165, 1.54) is 55.6 Å². The maximum Gasteiger partial charge on any atom is 0.337 e. The molecule has 0 bridgehead atoms. The number of methoxy groups -OCH3 is 1. The number of benzene rings is 2. The molecule has 0 aromatic heterocycles. The zero-order valence-electron chi connectivity index (χ0n) is 11.7. The van der Waals surface area contributed by atoms with E-state index in [2.05, 4.69) is 9.46 Å². The molecular formula is C15H14FNO4S. The molecule has 2 aromatic carbocycles. The maximum atomic E-state index is 13.5. The van der Waals surface area contributed by atoms with Gasteiger partial charge in [-0.05, 0) is 29.8 Å². The van der Waals surface area contributed by atoms with Crippen LogP contribution in [0.4, 0.5) is 10.1 Å². The normalized spacial score (nSPS) is 11.0. The van der Waals surface area contributed by atoms with Crippen LogP contribution in [0.1, 0.15) is 15.9 Å². The van der Waals surface area contributed by atoms with Gasteiger partial charge in [0.15, 0.2) is 0 Å². The zero-order valence-corrected chi connectivity index (χ0v) is 12.6. The van der Waals surface area contributed by atoms with Gasteiger partial charge in [-0.25, -0.2) is 17.6 Å². The van der Waals surface area contributed by atoms with E-state index in [0.717, 1.165) is 0 Å². The van der Waals surface area contributed by atoms with Crippen LogP contribution in [0.3, 0.4) is 0 Å². The Hall–Kier alpha value is -2.41. The summed E-state index contributed by atoms with van der Waals surface area (Å²) in [6.45, 7) is 0. The summed E-state index contributed by atoms with van der Waals surface area (Å²) in [6.07, 6.45) is 0. The lowest BCUT2D eigenvalue weighted by Gasteiger charge is -2.09. The first-order valence-electron chi connectivity index (χ1n) is 6.33. The maximum absolute atomic E-state index is 13.5. The Labute approximate surface area is 127 Å². The van der Waals surface area contributed by atoms with Gasteiger partial charge in [0.25, 0.3) is 0 Å². The van der Waals surface area contributed by atoms with Crippen molar-refractivity contribution in [3.63, 3.8) is 0 Å². The lowest BCUT2D eigenvalue weighted by atomic mass is 10.1. The average Bonchev–Trinajstić information content (AvgIpc) is 2.49. The van der Waals surface area contributed by atoms with Crippen LogP contribution in [-0.4, -0.2) is 21.5 Å². The van der Waals surface area contributed by atoms with Gasteiger partial charge in [-0.2, -0.15) is 0 Å². The van der Waals surface area contributed by atoms with E-state index in [9.17, 15) is 17.6 Å². The van der Waals surface area contributed by atoms with E-state index < -0.39 is 21.8 Å². The predicted molar refractivity (Wildman–Crippen MR) is 80.4 cm³/mol. The second kappa shape index (κ2) is 6.57. The average molecular weight is 323 g/mol. The number of hydrogen-bond donors (Lipinski definition) is 1. The highest BCUT2D eigenvalue weighted by Gasteiger charge is 2.14. The molecule has 0 atom stereocenters. The quantitative estimate of drug-likeness (QED) is 0.858. The molecule has 0 aliphatic carbocycles. The molecule has 116 valence electrons. The van der Waals surface area contributed by atoms with Crippen LogP contribution in [0.15, 0.2) is 48.5 Å². The van der Waals surface area contributed by atoms with Gasteiger partial charge in [0.1, 0.15) is 5.82 Å². The van der Waals surface area contributed by atoms with E-state index >= 15 is 0 Å². The molecule has 0 fully saturated rings. The third-order valence-electron chi connectivity index (χ3n) is 2.87. The minimum absolute atomic E-state index is 0.103. The number of sulfonamides is 1. The fourth-order valence-electron chi connectivity index (χ4n) is 1.82. The molecule has 7 heteroatoms. The largest absolute Gasteiger partial charge is 0.465 e. The Bertz CT molecular complexity index is 772. The Morgan fingerprint density at radius 1 is 1.14 bits per heavy atom. The van der Waals surface area contributed by atoms with Crippen molar-refractivity contribution in [1.29, 1.82) is 0 Å². The molecule has 0 heterocycles. The Morgan fingerprint density at radius 3 is 2.36 bits per heavy atom. The number of nitrogens with one attached hydrogen (secondary N) is 1. The summed E-state index contributed by atoms with van der Waals surface area (Å²) in [6, 6.07) is 11.5. The van der Waals surface area contributed by atoms with Gasteiger partial charge in [-0.1, -0.05) is 24.3 Å². The summed E-state index contributed by atoms with van der Waals surface area (Å²) >= 11 is 0. The van der Waals surface area contributed by atoms with E-state index in [4.69, 9.17) is 0 Å². The van der Waals surface area contributed by atoms with Crippen LogP contribution in [0.5, 0.6) is 0 Å². The van der Waals surface area contributed by atoms with Crippen molar-refractivity contribution in [1.82, 2.24) is 0 Å². The van der Waals surface area contributed by atoms with Crippen molar-refractivity contribution >= 4 is 21.7 Å². The number of hydrogen-bond acceptors (Lipinski definition) is 4. The number of para-hydroxylation sites is 1. The molecule has 0 aliphatic heterocycles. The fourth-order valence-corrected chi connectivity index (χ4v) is 3.03. The molecule has 0 saturated carbocycles. The predicted octanol–water partition coefficient (Wildman–Crippen LogP) is 2.55. The molecule has 22 heavy (non-hydrogen) atoms. The van der Waals surface area contributed by atoms with E-state index in [1.807, 2.05) is 0 Å². The van der Waals surface area contributed by atoms with E-state index in [0.29, 0.717) is 11.1 Å². The standard InChI is InChI=1S/C15H14FNO4S/c1-21-15(18)12-8-6-11(7-9-12)10-22(19,20)17-14-5-3-2-4-13(14)16/h2-9,17H,10H2,1H3. The molecule has 0 unspecified atom stereocenters. The van der Waals surface area contributed by atoms with E-state index in [1.54, 1.807) is 0 Å². The summed E-state index contributed by atoms with van der Waals surface area (Å²) in [5.41, 5.74) is 0.691. The smallest absolute Gasteiger partial charge is 0.337 e. The summed E-state index contributed by atoms with van der Waals surface area (Å²) in [4.78, 5) is 11.3. The first-order valence-corrected chi connectivity index (χ1v) is 7.99. The molecule has 0 amide bonds. The number of halogens is 1. The molecular weight excluding hydrogens is 309 g/mol. The third kappa shape index (κ3) is 4.05. The van der Waals surface area contributed by atoms with Crippen molar-refractivity contribution in [2.75, 3.05) is 11.8 Å². The molecule has 2 rings (SSSR count). The lowest BCUT2D eigenvalue weighted by molar-refractivity contribution is 0.0600. The first kappa shape index (κ1) is 16.0. The highest BCUT2D eigenvalue weighted by atomic mass is 32.2. The van der Waals surface area contributed by atoms with Crippen molar-refractivity contribution in [3.05, 3.63) is 65.5 Å². The van der Waals surface area contributed by atoms with Crippen LogP contribution in [0.25, 0.3) is 0 Å². The summed E-state index contributed by atoms with van der Waals surface area (Å²) in [5.74, 6) is -1.48. The molecule has 0 aliphatic rings. The number of carbonyl (C=O) groups excluding carboxylic acids is 1. The van der Waals surface area contributed by atoms with Gasteiger partial charge >= 0.3 is 5.97 Å². The highest BCUT2D eigenvalue weighted by Crippen LogP contribution is 2.16. The SMILES string of the molecule is COC(=O)c1ccc(CS(=O)(=O)Nc2ccccc2F)cc1. The van der Waals surface area contributed by atoms with E-state index in [-0.39, 0.29) is 11.4 Å². The van der Waals surface area contributed by atoms with Gasteiger partial charge in [0.05, 0.1) is 24.1 Å². The van der Waals surface area contributed by atoms with Crippen LogP contribution < -0.4 is 4.72 Å². The molecule has 2 aromatic rings. The molecule has 0 saturated heterocycles.